The van der Waals surface area contributed by atoms with Crippen molar-refractivity contribution < 1.29 is 14.1 Å². The van der Waals surface area contributed by atoms with Gasteiger partial charge in [0.05, 0.1) is 21.2 Å². The van der Waals surface area contributed by atoms with Crippen LogP contribution in [0.25, 0.3) is 6.08 Å². The van der Waals surface area contributed by atoms with Gasteiger partial charge in [-0.25, -0.2) is 9.38 Å². The summed E-state index contributed by atoms with van der Waals surface area (Å²) < 4.78 is 15.6. The third kappa shape index (κ3) is 3.81. The summed E-state index contributed by atoms with van der Waals surface area (Å²) in [7, 11) is 0. The second-order valence-electron chi connectivity index (χ2n) is 9.28. The van der Waals surface area contributed by atoms with Gasteiger partial charge in [0.25, 0.3) is 11.2 Å². The first-order valence-electron chi connectivity index (χ1n) is 10.7. The van der Waals surface area contributed by atoms with Crippen LogP contribution in [0.3, 0.4) is 0 Å². The maximum Gasteiger partial charge on any atom is 0.271 e. The molecule has 0 spiro atoms. The summed E-state index contributed by atoms with van der Waals surface area (Å²) in [5.41, 5.74) is 1.82. The Balaban J connectivity index is 1.72. The molecule has 0 amide bonds. The molecule has 1 aliphatic carbocycles. The van der Waals surface area contributed by atoms with E-state index in [4.69, 9.17) is 4.99 Å². The van der Waals surface area contributed by atoms with Gasteiger partial charge in [-0.15, -0.1) is 0 Å². The van der Waals surface area contributed by atoms with E-state index in [2.05, 4.69) is 0 Å². The predicted molar refractivity (Wildman–Crippen MR) is 126 cm³/mol. The fourth-order valence-electron chi connectivity index (χ4n) is 4.55. The first kappa shape index (κ1) is 22.1. The van der Waals surface area contributed by atoms with Crippen molar-refractivity contribution in [2.75, 3.05) is 0 Å². The van der Waals surface area contributed by atoms with E-state index < -0.39 is 16.8 Å². The molecule has 1 unspecified atom stereocenters. The Hall–Kier alpha value is -3.72. The van der Waals surface area contributed by atoms with Crippen LogP contribution in [-0.2, 0) is 4.79 Å². The quantitative estimate of drug-likeness (QED) is 0.425. The van der Waals surface area contributed by atoms with Crippen molar-refractivity contribution in [1.29, 1.82) is 0 Å². The summed E-state index contributed by atoms with van der Waals surface area (Å²) in [6.07, 6.45) is 2.60. The molecular formula is C25H20FN3O4S. The van der Waals surface area contributed by atoms with Gasteiger partial charge >= 0.3 is 0 Å². The molecule has 1 aromatic heterocycles. The van der Waals surface area contributed by atoms with E-state index in [0.717, 1.165) is 0 Å². The number of halogens is 1. The highest BCUT2D eigenvalue weighted by atomic mass is 32.1. The molecule has 2 heterocycles. The topological polar surface area (TPSA) is 94.6 Å². The zero-order valence-corrected chi connectivity index (χ0v) is 19.3. The highest BCUT2D eigenvalue weighted by Gasteiger charge is 2.40. The fraction of sp³-hybridized carbons (Fsp3) is 0.240. The molecule has 1 aliphatic heterocycles. The van der Waals surface area contributed by atoms with Crippen molar-refractivity contribution in [3.05, 3.63) is 107 Å². The number of ketones is 1. The molecular weight excluding hydrogens is 457 g/mol. The van der Waals surface area contributed by atoms with Crippen molar-refractivity contribution in [2.24, 2.45) is 10.4 Å². The second-order valence-corrected chi connectivity index (χ2v) is 10.3. The van der Waals surface area contributed by atoms with Crippen molar-refractivity contribution >= 4 is 28.9 Å². The summed E-state index contributed by atoms with van der Waals surface area (Å²) in [5.74, 6) is -0.464. The van der Waals surface area contributed by atoms with Crippen LogP contribution >= 0.6 is 11.3 Å². The van der Waals surface area contributed by atoms with Gasteiger partial charge < -0.3 is 0 Å². The average molecular weight is 478 g/mol. The molecule has 1 atom stereocenters. The van der Waals surface area contributed by atoms with E-state index in [9.17, 15) is 24.1 Å². The van der Waals surface area contributed by atoms with Crippen molar-refractivity contribution in [2.45, 2.75) is 32.7 Å². The second kappa shape index (κ2) is 7.95. The molecule has 0 N–H and O–H groups in total. The molecule has 0 bridgehead atoms. The first-order valence-corrected chi connectivity index (χ1v) is 11.5. The van der Waals surface area contributed by atoms with E-state index >= 15 is 0 Å². The smallest absolute Gasteiger partial charge is 0.271 e. The minimum Gasteiger partial charge on any atom is -0.294 e. The number of nitrogens with zero attached hydrogens (tertiary/aromatic N) is 3. The standard InChI is InChI=1S/C25H20FN3O4S/c1-25(2)12-18-21(19(30)13-25)22(15-5-7-16(26)8-6-15)28-23(31)20(34-24(28)27-18)11-14-3-9-17(10-4-14)29(32)33/h3-11,22H,12-13H2,1-2H3. The van der Waals surface area contributed by atoms with E-state index in [1.54, 1.807) is 30.3 Å². The zero-order chi connectivity index (χ0) is 24.2. The minimum absolute atomic E-state index is 0.0382. The molecule has 9 heteroatoms. The minimum atomic E-state index is -0.686. The number of Topliss-reactive ketones (excluding diaryl/α,β-unsaturated/α-hetero) is 1. The summed E-state index contributed by atoms with van der Waals surface area (Å²) in [6.45, 7) is 4.03. The summed E-state index contributed by atoms with van der Waals surface area (Å²) in [5, 5.41) is 10.9. The summed E-state index contributed by atoms with van der Waals surface area (Å²) in [4.78, 5) is 42.4. The lowest BCUT2D eigenvalue weighted by atomic mass is 9.73. The van der Waals surface area contributed by atoms with Gasteiger partial charge in [-0.1, -0.05) is 37.3 Å². The van der Waals surface area contributed by atoms with E-state index in [0.29, 0.717) is 44.6 Å². The van der Waals surface area contributed by atoms with Gasteiger partial charge in [-0.05, 0) is 53.3 Å². The SMILES string of the molecule is CC1(C)CC(=O)C2=C(C1)N=c1sc(=Cc3ccc([N+](=O)[O-])cc3)c(=O)n1C2c1ccc(F)cc1. The van der Waals surface area contributed by atoms with E-state index in [1.807, 2.05) is 13.8 Å². The lowest BCUT2D eigenvalue weighted by Crippen LogP contribution is -2.42. The Labute approximate surface area is 197 Å². The number of carbonyl (C=O) groups is 1. The molecule has 34 heavy (non-hydrogen) atoms. The van der Waals surface area contributed by atoms with Gasteiger partial charge in [0.2, 0.25) is 0 Å². The number of nitro groups is 1. The van der Waals surface area contributed by atoms with Crippen LogP contribution in [0.4, 0.5) is 10.1 Å². The zero-order valence-electron chi connectivity index (χ0n) is 18.4. The lowest BCUT2D eigenvalue weighted by molar-refractivity contribution is -0.384. The van der Waals surface area contributed by atoms with E-state index in [-0.39, 0.29) is 22.4 Å². The number of rotatable bonds is 3. The maximum atomic E-state index is 13.7. The Kier molecular flexibility index (Phi) is 5.16. The van der Waals surface area contributed by atoms with Crippen LogP contribution in [0.5, 0.6) is 0 Å². The molecule has 0 fully saturated rings. The molecule has 0 radical (unpaired) electrons. The lowest BCUT2D eigenvalue weighted by Gasteiger charge is -2.35. The Morgan fingerprint density at radius 1 is 1.12 bits per heavy atom. The van der Waals surface area contributed by atoms with Crippen molar-refractivity contribution in [1.82, 2.24) is 4.57 Å². The Bertz CT molecular complexity index is 1550. The number of carbonyl (C=O) groups excluding carboxylic acids is 1. The first-order chi connectivity index (χ1) is 16.1. The maximum absolute atomic E-state index is 13.7. The van der Waals surface area contributed by atoms with Crippen LogP contribution in [0.15, 0.2) is 69.6 Å². The largest absolute Gasteiger partial charge is 0.294 e. The third-order valence-electron chi connectivity index (χ3n) is 6.08. The molecule has 172 valence electrons. The van der Waals surface area contributed by atoms with Gasteiger partial charge in [-0.3, -0.25) is 24.3 Å². The molecule has 5 rings (SSSR count). The monoisotopic (exact) mass is 477 g/mol. The Morgan fingerprint density at radius 3 is 2.44 bits per heavy atom. The normalized spacial score (nSPS) is 19.4. The van der Waals surface area contributed by atoms with Gasteiger partial charge in [0.15, 0.2) is 10.6 Å². The number of nitro benzene ring substituents is 1. The number of non-ortho nitro benzene ring substituents is 1. The molecule has 0 saturated carbocycles. The van der Waals surface area contributed by atoms with Crippen molar-refractivity contribution in [3.8, 4) is 0 Å². The number of aromatic nitrogens is 1. The molecule has 7 nitrogen and oxygen atoms in total. The number of benzene rings is 2. The molecule has 2 aliphatic rings. The number of hydrogen-bond acceptors (Lipinski definition) is 6. The van der Waals surface area contributed by atoms with Crippen LogP contribution in [0.2, 0.25) is 0 Å². The van der Waals surface area contributed by atoms with Crippen LogP contribution in [0.1, 0.15) is 43.9 Å². The molecule has 2 aromatic carbocycles. The van der Waals surface area contributed by atoms with Crippen molar-refractivity contribution in [3.63, 3.8) is 0 Å². The van der Waals surface area contributed by atoms with E-state index in [1.165, 1.54) is 40.2 Å². The summed E-state index contributed by atoms with van der Waals surface area (Å²) in [6, 6.07) is 11.0. The van der Waals surface area contributed by atoms with Gasteiger partial charge in [-0.2, -0.15) is 0 Å². The van der Waals surface area contributed by atoms with Gasteiger partial charge in [0, 0.05) is 24.1 Å². The highest BCUT2D eigenvalue weighted by Crippen LogP contribution is 2.43. The van der Waals surface area contributed by atoms with Gasteiger partial charge in [0.1, 0.15) is 5.82 Å². The number of hydrogen-bond donors (Lipinski definition) is 0. The molecule has 0 saturated heterocycles. The highest BCUT2D eigenvalue weighted by molar-refractivity contribution is 7.07. The van der Waals surface area contributed by atoms with Crippen LogP contribution < -0.4 is 14.9 Å². The summed E-state index contributed by atoms with van der Waals surface area (Å²) >= 11 is 1.20. The Morgan fingerprint density at radius 2 is 1.79 bits per heavy atom. The number of allylic oxidation sites excluding steroid dienone is 2. The van der Waals surface area contributed by atoms with Crippen LogP contribution in [0, 0.1) is 21.3 Å². The fourth-order valence-corrected chi connectivity index (χ4v) is 5.57. The number of fused-ring (bicyclic) bond motifs is 1. The average Bonchev–Trinajstić information content (AvgIpc) is 3.07. The third-order valence-corrected chi connectivity index (χ3v) is 7.07. The number of thiazole rings is 1. The van der Waals surface area contributed by atoms with Crippen LogP contribution in [-0.4, -0.2) is 15.3 Å². The molecule has 3 aromatic rings. The predicted octanol–water partition coefficient (Wildman–Crippen LogP) is 3.65.